The molecule has 0 aliphatic carbocycles. The van der Waals surface area contributed by atoms with Gasteiger partial charge in [0.15, 0.2) is 0 Å². The number of benzene rings is 2. The van der Waals surface area contributed by atoms with E-state index in [1.165, 1.54) is 0 Å². The highest BCUT2D eigenvalue weighted by Gasteiger charge is 2.19. The molecule has 1 heterocycles. The fourth-order valence-electron chi connectivity index (χ4n) is 3.42. The van der Waals surface area contributed by atoms with Gasteiger partial charge < -0.3 is 14.8 Å². The molecule has 0 unspecified atom stereocenters. The number of rotatable bonds is 7. The van der Waals surface area contributed by atoms with Crippen LogP contribution in [0.1, 0.15) is 36.7 Å². The lowest BCUT2D eigenvalue weighted by molar-refractivity contribution is -0.127. The fourth-order valence-corrected chi connectivity index (χ4v) is 3.42. The summed E-state index contributed by atoms with van der Waals surface area (Å²) in [6.07, 6.45) is 3.81. The molecule has 0 aliphatic rings. The van der Waals surface area contributed by atoms with Gasteiger partial charge >= 0.3 is 0 Å². The number of hydrogen-bond donors (Lipinski definition) is 1. The van der Waals surface area contributed by atoms with Gasteiger partial charge in [-0.25, -0.2) is 0 Å². The van der Waals surface area contributed by atoms with Crippen molar-refractivity contribution in [3.8, 4) is 0 Å². The Bertz CT molecular complexity index is 1030. The molecular weight excluding hydrogens is 362 g/mol. The third-order valence-corrected chi connectivity index (χ3v) is 5.03. The second-order valence-corrected chi connectivity index (χ2v) is 6.74. The molecule has 5 heteroatoms. The topological polar surface area (TPSA) is 54.3 Å². The highest BCUT2D eigenvalue weighted by atomic mass is 16.2. The van der Waals surface area contributed by atoms with Crippen LogP contribution in [-0.2, 0) is 11.3 Å². The number of para-hydroxylation sites is 1. The molecule has 0 radical (unpaired) electrons. The third-order valence-electron chi connectivity index (χ3n) is 5.03. The van der Waals surface area contributed by atoms with E-state index in [1.807, 2.05) is 44.3 Å². The van der Waals surface area contributed by atoms with Crippen molar-refractivity contribution in [1.82, 2.24) is 14.8 Å². The molecule has 150 valence electrons. The van der Waals surface area contributed by atoms with Crippen LogP contribution >= 0.6 is 0 Å². The zero-order chi connectivity index (χ0) is 20.8. The Morgan fingerprint density at radius 2 is 1.62 bits per heavy atom. The third kappa shape index (κ3) is 4.40. The standard InChI is InChI=1S/C24H27N3O2/c1-4-26(5-2)24(29)21(25-23(28)18-12-8-7-9-13-18)16-19-17-27(6-3)22-15-11-10-14-20(19)22/h7-17H,4-6H2,1-3H3,(H,25,28). The molecule has 2 amide bonds. The molecule has 5 nitrogen and oxygen atoms in total. The van der Waals surface area contributed by atoms with Crippen molar-refractivity contribution in [3.05, 3.63) is 77.6 Å². The Labute approximate surface area is 171 Å². The van der Waals surface area contributed by atoms with Gasteiger partial charge in [0.1, 0.15) is 5.70 Å². The van der Waals surface area contributed by atoms with E-state index >= 15 is 0 Å². The Hall–Kier alpha value is -3.34. The molecule has 1 aromatic heterocycles. The molecule has 0 bridgehead atoms. The predicted molar refractivity (Wildman–Crippen MR) is 117 cm³/mol. The van der Waals surface area contributed by atoms with Crippen molar-refractivity contribution >= 4 is 28.8 Å². The Kier molecular flexibility index (Phi) is 6.50. The van der Waals surface area contributed by atoms with E-state index in [4.69, 9.17) is 0 Å². The summed E-state index contributed by atoms with van der Waals surface area (Å²) < 4.78 is 2.14. The maximum absolute atomic E-state index is 13.1. The van der Waals surface area contributed by atoms with E-state index in [0.717, 1.165) is 23.0 Å². The second kappa shape index (κ2) is 9.24. The van der Waals surface area contributed by atoms with Crippen molar-refractivity contribution in [3.63, 3.8) is 0 Å². The summed E-state index contributed by atoms with van der Waals surface area (Å²) in [5.74, 6) is -0.482. The normalized spacial score (nSPS) is 11.5. The number of hydrogen-bond acceptors (Lipinski definition) is 2. The van der Waals surface area contributed by atoms with Gasteiger partial charge in [0.05, 0.1) is 0 Å². The smallest absolute Gasteiger partial charge is 0.270 e. The van der Waals surface area contributed by atoms with Crippen LogP contribution in [0.25, 0.3) is 17.0 Å². The molecule has 0 spiro atoms. The van der Waals surface area contributed by atoms with Gasteiger partial charge in [-0.2, -0.15) is 0 Å². The predicted octanol–water partition coefficient (Wildman–Crippen LogP) is 4.30. The van der Waals surface area contributed by atoms with Crippen LogP contribution in [0.15, 0.2) is 66.5 Å². The summed E-state index contributed by atoms with van der Waals surface area (Å²) in [7, 11) is 0. The van der Waals surface area contributed by atoms with E-state index in [1.54, 1.807) is 35.2 Å². The lowest BCUT2D eigenvalue weighted by atomic mass is 10.1. The summed E-state index contributed by atoms with van der Waals surface area (Å²) in [6.45, 7) is 7.92. The van der Waals surface area contributed by atoms with Gasteiger partial charge in [-0.1, -0.05) is 36.4 Å². The number of aryl methyl sites for hydroxylation is 1. The van der Waals surface area contributed by atoms with Crippen LogP contribution in [0, 0.1) is 0 Å². The molecule has 3 aromatic rings. The minimum absolute atomic E-state index is 0.187. The summed E-state index contributed by atoms with van der Waals surface area (Å²) in [4.78, 5) is 27.6. The van der Waals surface area contributed by atoms with Crippen molar-refractivity contribution in [1.29, 1.82) is 0 Å². The SMILES string of the molecule is CCN(CC)C(=O)C(=Cc1cn(CC)c2ccccc12)NC(=O)c1ccccc1. The number of likely N-dealkylation sites (N-methyl/N-ethyl adjacent to an activating group) is 1. The molecule has 0 saturated carbocycles. The van der Waals surface area contributed by atoms with E-state index in [0.29, 0.717) is 18.7 Å². The molecule has 0 aliphatic heterocycles. The van der Waals surface area contributed by atoms with Crippen LogP contribution in [0.3, 0.4) is 0 Å². The highest BCUT2D eigenvalue weighted by molar-refractivity contribution is 6.06. The minimum Gasteiger partial charge on any atom is -0.347 e. The van der Waals surface area contributed by atoms with Crippen molar-refractivity contribution < 1.29 is 9.59 Å². The van der Waals surface area contributed by atoms with Crippen molar-refractivity contribution in [2.24, 2.45) is 0 Å². The number of aromatic nitrogens is 1. The molecule has 2 aromatic carbocycles. The minimum atomic E-state index is -0.295. The first-order valence-corrected chi connectivity index (χ1v) is 10.0. The van der Waals surface area contributed by atoms with E-state index < -0.39 is 0 Å². The quantitative estimate of drug-likeness (QED) is 0.613. The van der Waals surface area contributed by atoms with Crippen LogP contribution in [0.2, 0.25) is 0 Å². The second-order valence-electron chi connectivity index (χ2n) is 6.74. The van der Waals surface area contributed by atoms with Crippen molar-refractivity contribution in [2.45, 2.75) is 27.3 Å². The van der Waals surface area contributed by atoms with Gasteiger partial charge in [-0.3, -0.25) is 9.59 Å². The lowest BCUT2D eigenvalue weighted by Gasteiger charge is -2.21. The number of carbonyl (C=O) groups is 2. The molecule has 0 saturated heterocycles. The van der Waals surface area contributed by atoms with Gasteiger partial charge in [0.2, 0.25) is 0 Å². The van der Waals surface area contributed by atoms with E-state index in [2.05, 4.69) is 22.9 Å². The summed E-state index contributed by atoms with van der Waals surface area (Å²) in [5, 5.41) is 3.89. The first-order chi connectivity index (χ1) is 14.1. The molecule has 0 fully saturated rings. The van der Waals surface area contributed by atoms with E-state index in [-0.39, 0.29) is 17.5 Å². The molecule has 1 N–H and O–H groups in total. The maximum Gasteiger partial charge on any atom is 0.270 e. The highest BCUT2D eigenvalue weighted by Crippen LogP contribution is 2.23. The molecule has 3 rings (SSSR count). The first-order valence-electron chi connectivity index (χ1n) is 10.0. The average molecular weight is 389 g/mol. The van der Waals surface area contributed by atoms with Gasteiger partial charge in [-0.05, 0) is 45.0 Å². The molecule has 29 heavy (non-hydrogen) atoms. The van der Waals surface area contributed by atoms with Gasteiger partial charge in [0, 0.05) is 47.9 Å². The lowest BCUT2D eigenvalue weighted by Crippen LogP contribution is -2.38. The average Bonchev–Trinajstić information content (AvgIpc) is 3.12. The monoisotopic (exact) mass is 389 g/mol. The number of carbonyl (C=O) groups excluding carboxylic acids is 2. The zero-order valence-corrected chi connectivity index (χ0v) is 17.2. The summed E-state index contributed by atoms with van der Waals surface area (Å²) in [6, 6.07) is 17.0. The maximum atomic E-state index is 13.1. The molecular formula is C24H27N3O2. The molecule has 0 atom stereocenters. The zero-order valence-electron chi connectivity index (χ0n) is 17.2. The number of nitrogens with zero attached hydrogens (tertiary/aromatic N) is 2. The summed E-state index contributed by atoms with van der Waals surface area (Å²) in [5.41, 5.74) is 2.81. The Morgan fingerprint density at radius 3 is 2.28 bits per heavy atom. The summed E-state index contributed by atoms with van der Waals surface area (Å²) >= 11 is 0. The Morgan fingerprint density at radius 1 is 0.966 bits per heavy atom. The van der Waals surface area contributed by atoms with Crippen LogP contribution < -0.4 is 5.32 Å². The fraction of sp³-hybridized carbons (Fsp3) is 0.250. The van der Waals surface area contributed by atoms with Crippen LogP contribution in [0.5, 0.6) is 0 Å². The number of amides is 2. The van der Waals surface area contributed by atoms with Gasteiger partial charge in [0.25, 0.3) is 11.8 Å². The number of nitrogens with one attached hydrogen (secondary N) is 1. The number of fused-ring (bicyclic) bond motifs is 1. The van der Waals surface area contributed by atoms with E-state index in [9.17, 15) is 9.59 Å². The van der Waals surface area contributed by atoms with Gasteiger partial charge in [-0.15, -0.1) is 0 Å². The van der Waals surface area contributed by atoms with Crippen molar-refractivity contribution in [2.75, 3.05) is 13.1 Å². The first kappa shape index (κ1) is 20.4. The Balaban J connectivity index is 2.05. The van der Waals surface area contributed by atoms with Crippen LogP contribution in [0.4, 0.5) is 0 Å². The van der Waals surface area contributed by atoms with Crippen LogP contribution in [-0.4, -0.2) is 34.4 Å². The largest absolute Gasteiger partial charge is 0.347 e.